The largest absolute Gasteiger partial charge is 0.506 e. The van der Waals surface area contributed by atoms with Crippen LogP contribution in [-0.4, -0.2) is 47.1 Å². The van der Waals surface area contributed by atoms with Gasteiger partial charge in [-0.1, -0.05) is 38.1 Å². The van der Waals surface area contributed by atoms with Crippen LogP contribution in [-0.2, 0) is 17.6 Å². The Kier molecular flexibility index (Phi) is 6.32. The molecule has 1 amide bonds. The lowest BCUT2D eigenvalue weighted by atomic mass is 10.0. The number of hydrogen-bond donors (Lipinski definition) is 1. The van der Waals surface area contributed by atoms with Gasteiger partial charge in [0.05, 0.1) is 6.20 Å². The van der Waals surface area contributed by atoms with Crippen LogP contribution < -0.4 is 4.90 Å². The molecule has 2 heterocycles. The summed E-state index contributed by atoms with van der Waals surface area (Å²) >= 11 is 0. The second-order valence-corrected chi connectivity index (χ2v) is 7.66. The first kappa shape index (κ1) is 19.2. The third-order valence-corrected chi connectivity index (χ3v) is 4.98. The monoisotopic (exact) mass is 367 g/mol. The summed E-state index contributed by atoms with van der Waals surface area (Å²) in [6.07, 6.45) is 3.90. The Bertz CT molecular complexity index is 733. The van der Waals surface area contributed by atoms with E-state index >= 15 is 0 Å². The molecule has 1 N–H and O–H groups in total. The molecule has 0 radical (unpaired) electrons. The lowest BCUT2D eigenvalue weighted by molar-refractivity contribution is -0.131. The molecule has 1 aliphatic heterocycles. The molecular weight excluding hydrogens is 338 g/mol. The van der Waals surface area contributed by atoms with Gasteiger partial charge in [0, 0.05) is 32.6 Å². The van der Waals surface area contributed by atoms with Crippen LogP contribution in [0, 0.1) is 5.92 Å². The lowest BCUT2D eigenvalue weighted by Crippen LogP contribution is -2.49. The predicted molar refractivity (Wildman–Crippen MR) is 108 cm³/mol. The Balaban J connectivity index is 1.45. The number of pyridine rings is 1. The molecular formula is C22H29N3O2. The smallest absolute Gasteiger partial charge is 0.223 e. The molecule has 0 unspecified atom stereocenters. The molecule has 5 nitrogen and oxygen atoms in total. The maximum Gasteiger partial charge on any atom is 0.223 e. The fourth-order valence-corrected chi connectivity index (χ4v) is 3.47. The number of anilines is 1. The Hall–Kier alpha value is -2.56. The molecule has 1 aliphatic rings. The average molecular weight is 367 g/mol. The molecule has 0 spiro atoms. The molecule has 1 aromatic heterocycles. The molecule has 144 valence electrons. The SMILES string of the molecule is CC(C)Cc1ccc(CCC(=O)N2CCN(c3ccc(O)cn3)CC2)cc1. The van der Waals surface area contributed by atoms with E-state index in [1.165, 1.54) is 17.3 Å². The van der Waals surface area contributed by atoms with Gasteiger partial charge >= 0.3 is 0 Å². The van der Waals surface area contributed by atoms with Crippen molar-refractivity contribution < 1.29 is 9.90 Å². The standard InChI is InChI=1S/C22H29N3O2/c1-17(2)15-19-5-3-18(4-6-19)7-10-22(27)25-13-11-24(12-14-25)21-9-8-20(26)16-23-21/h3-6,8-9,16-17,26H,7,10-15H2,1-2H3. The van der Waals surface area contributed by atoms with Crippen molar-refractivity contribution in [1.29, 1.82) is 0 Å². The van der Waals surface area contributed by atoms with Crippen molar-refractivity contribution in [3.8, 4) is 5.75 Å². The van der Waals surface area contributed by atoms with E-state index in [1.54, 1.807) is 6.07 Å². The summed E-state index contributed by atoms with van der Waals surface area (Å²) in [5.74, 6) is 1.90. The summed E-state index contributed by atoms with van der Waals surface area (Å²) in [5.41, 5.74) is 2.59. The summed E-state index contributed by atoms with van der Waals surface area (Å²) in [5, 5.41) is 9.34. The zero-order valence-electron chi connectivity index (χ0n) is 16.3. The molecule has 0 saturated carbocycles. The highest BCUT2D eigenvalue weighted by atomic mass is 16.3. The van der Waals surface area contributed by atoms with E-state index in [4.69, 9.17) is 0 Å². The van der Waals surface area contributed by atoms with Gasteiger partial charge in [-0.05, 0) is 42.0 Å². The van der Waals surface area contributed by atoms with Gasteiger partial charge in [-0.3, -0.25) is 4.79 Å². The lowest BCUT2D eigenvalue weighted by Gasteiger charge is -2.35. The molecule has 27 heavy (non-hydrogen) atoms. The summed E-state index contributed by atoms with van der Waals surface area (Å²) in [4.78, 5) is 20.9. The molecule has 1 aromatic carbocycles. The van der Waals surface area contributed by atoms with Gasteiger partial charge in [-0.15, -0.1) is 0 Å². The van der Waals surface area contributed by atoms with E-state index in [1.807, 2.05) is 11.0 Å². The summed E-state index contributed by atoms with van der Waals surface area (Å²) in [6, 6.07) is 12.1. The Morgan fingerprint density at radius 1 is 1.04 bits per heavy atom. The topological polar surface area (TPSA) is 56.7 Å². The second-order valence-electron chi connectivity index (χ2n) is 7.66. The van der Waals surface area contributed by atoms with Crippen LogP contribution >= 0.6 is 0 Å². The molecule has 1 saturated heterocycles. The van der Waals surface area contributed by atoms with E-state index in [0.29, 0.717) is 25.4 Å². The van der Waals surface area contributed by atoms with Gasteiger partial charge in [0.2, 0.25) is 5.91 Å². The van der Waals surface area contributed by atoms with Crippen LogP contribution in [0.25, 0.3) is 0 Å². The predicted octanol–water partition coefficient (Wildman–Crippen LogP) is 3.27. The maximum atomic E-state index is 12.5. The van der Waals surface area contributed by atoms with Crippen molar-refractivity contribution in [2.75, 3.05) is 31.1 Å². The minimum Gasteiger partial charge on any atom is -0.506 e. The van der Waals surface area contributed by atoms with Crippen molar-refractivity contribution in [1.82, 2.24) is 9.88 Å². The number of aryl methyl sites for hydroxylation is 1. The van der Waals surface area contributed by atoms with Crippen molar-refractivity contribution in [3.63, 3.8) is 0 Å². The zero-order valence-corrected chi connectivity index (χ0v) is 16.3. The van der Waals surface area contributed by atoms with Gasteiger partial charge in [-0.25, -0.2) is 4.98 Å². The number of aromatic nitrogens is 1. The summed E-state index contributed by atoms with van der Waals surface area (Å²) in [6.45, 7) is 7.43. The third kappa shape index (κ3) is 5.46. The number of piperazine rings is 1. The molecule has 3 rings (SSSR count). The average Bonchev–Trinajstić information content (AvgIpc) is 2.67. The summed E-state index contributed by atoms with van der Waals surface area (Å²) < 4.78 is 0. The number of benzene rings is 1. The summed E-state index contributed by atoms with van der Waals surface area (Å²) in [7, 11) is 0. The van der Waals surface area contributed by atoms with E-state index in [9.17, 15) is 9.90 Å². The van der Waals surface area contributed by atoms with Crippen LogP contribution in [0.5, 0.6) is 5.75 Å². The molecule has 0 aliphatic carbocycles. The van der Waals surface area contributed by atoms with E-state index in [2.05, 4.69) is 48.0 Å². The first-order valence-corrected chi connectivity index (χ1v) is 9.77. The van der Waals surface area contributed by atoms with Crippen molar-refractivity contribution in [3.05, 3.63) is 53.7 Å². The molecule has 2 aromatic rings. The first-order chi connectivity index (χ1) is 13.0. The number of amides is 1. The van der Waals surface area contributed by atoms with Gasteiger partial charge < -0.3 is 14.9 Å². The van der Waals surface area contributed by atoms with Gasteiger partial charge in [0.25, 0.3) is 0 Å². The van der Waals surface area contributed by atoms with Gasteiger partial charge in [-0.2, -0.15) is 0 Å². The third-order valence-electron chi connectivity index (χ3n) is 4.98. The highest BCUT2D eigenvalue weighted by Gasteiger charge is 2.21. The van der Waals surface area contributed by atoms with Crippen molar-refractivity contribution in [2.45, 2.75) is 33.1 Å². The number of carbonyl (C=O) groups is 1. The highest BCUT2D eigenvalue weighted by Crippen LogP contribution is 2.17. The van der Waals surface area contributed by atoms with E-state index in [0.717, 1.165) is 31.7 Å². The Labute approximate surface area is 161 Å². The quantitative estimate of drug-likeness (QED) is 0.851. The minimum absolute atomic E-state index is 0.171. The van der Waals surface area contributed by atoms with Crippen LogP contribution in [0.1, 0.15) is 31.4 Å². The highest BCUT2D eigenvalue weighted by molar-refractivity contribution is 5.76. The molecule has 0 atom stereocenters. The number of nitrogens with zero attached hydrogens (tertiary/aromatic N) is 3. The first-order valence-electron chi connectivity index (χ1n) is 9.77. The van der Waals surface area contributed by atoms with Crippen molar-refractivity contribution in [2.24, 2.45) is 5.92 Å². The van der Waals surface area contributed by atoms with E-state index < -0.39 is 0 Å². The fourth-order valence-electron chi connectivity index (χ4n) is 3.47. The second kappa shape index (κ2) is 8.89. The Morgan fingerprint density at radius 3 is 2.30 bits per heavy atom. The number of rotatable bonds is 6. The van der Waals surface area contributed by atoms with Crippen molar-refractivity contribution >= 4 is 11.7 Å². The van der Waals surface area contributed by atoms with Gasteiger partial charge in [0.15, 0.2) is 0 Å². The molecule has 1 fully saturated rings. The maximum absolute atomic E-state index is 12.5. The Morgan fingerprint density at radius 2 is 1.70 bits per heavy atom. The number of carbonyl (C=O) groups excluding carboxylic acids is 1. The minimum atomic E-state index is 0.171. The molecule has 5 heteroatoms. The van der Waals surface area contributed by atoms with Gasteiger partial charge in [0.1, 0.15) is 11.6 Å². The van der Waals surface area contributed by atoms with E-state index in [-0.39, 0.29) is 11.7 Å². The van der Waals surface area contributed by atoms with Crippen LogP contribution in [0.3, 0.4) is 0 Å². The normalized spacial score (nSPS) is 14.6. The van der Waals surface area contributed by atoms with Crippen LogP contribution in [0.2, 0.25) is 0 Å². The molecule has 0 bridgehead atoms. The fraction of sp³-hybridized carbons (Fsp3) is 0.455. The van der Waals surface area contributed by atoms with Crippen LogP contribution in [0.4, 0.5) is 5.82 Å². The number of hydrogen-bond acceptors (Lipinski definition) is 4. The number of aromatic hydroxyl groups is 1. The zero-order chi connectivity index (χ0) is 19.2. The van der Waals surface area contributed by atoms with Crippen LogP contribution in [0.15, 0.2) is 42.6 Å².